The molecular formula is C23H24N4OS2. The molecule has 0 saturated carbocycles. The van der Waals surface area contributed by atoms with Gasteiger partial charge in [-0.05, 0) is 57.2 Å². The fourth-order valence-electron chi connectivity index (χ4n) is 3.40. The molecule has 0 spiro atoms. The highest BCUT2D eigenvalue weighted by Crippen LogP contribution is 2.29. The van der Waals surface area contributed by atoms with Crippen LogP contribution in [0.5, 0.6) is 0 Å². The van der Waals surface area contributed by atoms with Crippen molar-refractivity contribution in [3.63, 3.8) is 0 Å². The van der Waals surface area contributed by atoms with E-state index in [1.54, 1.807) is 28.0 Å². The molecular weight excluding hydrogens is 412 g/mol. The SMILES string of the molecule is Cc1nc(C)c(C(C)N(C)C(=O)c2ccc(SCc3cn4ccccc4n3)cc2)s1. The van der Waals surface area contributed by atoms with Crippen LogP contribution in [0, 0.1) is 13.8 Å². The van der Waals surface area contributed by atoms with Gasteiger partial charge in [-0.25, -0.2) is 9.97 Å². The maximum Gasteiger partial charge on any atom is 0.254 e. The average Bonchev–Trinajstić information content (AvgIpc) is 3.32. The number of fused-ring (bicyclic) bond motifs is 1. The second-order valence-electron chi connectivity index (χ2n) is 7.29. The van der Waals surface area contributed by atoms with Crippen molar-refractivity contribution in [2.24, 2.45) is 0 Å². The van der Waals surface area contributed by atoms with E-state index in [0.717, 1.165) is 37.6 Å². The quantitative estimate of drug-likeness (QED) is 0.373. The Hall–Kier alpha value is -2.64. The minimum absolute atomic E-state index is 0.00667. The number of rotatable bonds is 6. The molecule has 7 heteroatoms. The molecule has 1 unspecified atom stereocenters. The molecule has 5 nitrogen and oxygen atoms in total. The number of hydrogen-bond acceptors (Lipinski definition) is 5. The summed E-state index contributed by atoms with van der Waals surface area (Å²) in [6, 6.07) is 13.8. The Morgan fingerprint density at radius 2 is 1.93 bits per heavy atom. The van der Waals surface area contributed by atoms with Crippen LogP contribution >= 0.6 is 23.1 Å². The molecule has 4 aromatic rings. The zero-order chi connectivity index (χ0) is 21.3. The summed E-state index contributed by atoms with van der Waals surface area (Å²) in [5, 5.41) is 1.03. The summed E-state index contributed by atoms with van der Waals surface area (Å²) in [4.78, 5) is 26.1. The van der Waals surface area contributed by atoms with Crippen LogP contribution in [-0.2, 0) is 5.75 Å². The summed E-state index contributed by atoms with van der Waals surface area (Å²) in [7, 11) is 1.85. The first-order valence-corrected chi connectivity index (χ1v) is 11.6. The minimum atomic E-state index is -0.00667. The van der Waals surface area contributed by atoms with E-state index < -0.39 is 0 Å². The van der Waals surface area contributed by atoms with Crippen LogP contribution < -0.4 is 0 Å². The Morgan fingerprint density at radius 3 is 2.60 bits per heavy atom. The van der Waals surface area contributed by atoms with E-state index in [1.165, 1.54) is 0 Å². The summed E-state index contributed by atoms with van der Waals surface area (Å²) in [5.41, 5.74) is 3.69. The lowest BCUT2D eigenvalue weighted by atomic mass is 10.1. The number of aromatic nitrogens is 3. The monoisotopic (exact) mass is 436 g/mol. The van der Waals surface area contributed by atoms with E-state index >= 15 is 0 Å². The number of imidazole rings is 1. The predicted molar refractivity (Wildman–Crippen MR) is 123 cm³/mol. The molecule has 3 heterocycles. The zero-order valence-electron chi connectivity index (χ0n) is 17.5. The summed E-state index contributed by atoms with van der Waals surface area (Å²) < 4.78 is 2.03. The number of benzene rings is 1. The molecule has 30 heavy (non-hydrogen) atoms. The topological polar surface area (TPSA) is 50.5 Å². The van der Waals surface area contributed by atoms with Gasteiger partial charge in [-0.15, -0.1) is 23.1 Å². The summed E-state index contributed by atoms with van der Waals surface area (Å²) in [6.45, 7) is 6.05. The molecule has 3 aromatic heterocycles. The van der Waals surface area contributed by atoms with Gasteiger partial charge in [0.25, 0.3) is 5.91 Å². The highest BCUT2D eigenvalue weighted by molar-refractivity contribution is 7.98. The summed E-state index contributed by atoms with van der Waals surface area (Å²) in [6.07, 6.45) is 4.06. The molecule has 0 N–H and O–H groups in total. The third-order valence-electron chi connectivity index (χ3n) is 5.12. The Labute approximate surface area is 184 Å². The van der Waals surface area contributed by atoms with Gasteiger partial charge in [0.15, 0.2) is 0 Å². The van der Waals surface area contributed by atoms with E-state index in [1.807, 2.05) is 74.0 Å². The standard InChI is InChI=1S/C23H24N4OS2/c1-15-22(30-17(3)24-15)16(2)26(4)23(28)18-8-10-20(11-9-18)29-14-19-13-27-12-6-5-7-21(27)25-19/h5-13,16H,14H2,1-4H3. The van der Waals surface area contributed by atoms with Gasteiger partial charge in [-0.1, -0.05) is 6.07 Å². The number of amides is 1. The number of thiazole rings is 1. The number of hydrogen-bond donors (Lipinski definition) is 0. The van der Waals surface area contributed by atoms with E-state index in [-0.39, 0.29) is 11.9 Å². The zero-order valence-corrected chi connectivity index (χ0v) is 19.1. The van der Waals surface area contributed by atoms with Gasteiger partial charge in [0.1, 0.15) is 5.65 Å². The van der Waals surface area contributed by atoms with E-state index in [0.29, 0.717) is 5.56 Å². The van der Waals surface area contributed by atoms with E-state index in [9.17, 15) is 4.79 Å². The highest BCUT2D eigenvalue weighted by atomic mass is 32.2. The average molecular weight is 437 g/mol. The van der Waals surface area contributed by atoms with Crippen LogP contribution in [-0.4, -0.2) is 32.2 Å². The minimum Gasteiger partial charge on any atom is -0.334 e. The number of carbonyl (C=O) groups is 1. The lowest BCUT2D eigenvalue weighted by Crippen LogP contribution is -2.29. The largest absolute Gasteiger partial charge is 0.334 e. The van der Waals surface area contributed by atoms with Crippen molar-refractivity contribution in [3.05, 3.63) is 81.7 Å². The molecule has 0 fully saturated rings. The van der Waals surface area contributed by atoms with Crippen molar-refractivity contribution in [2.75, 3.05) is 7.05 Å². The van der Waals surface area contributed by atoms with Crippen molar-refractivity contribution in [2.45, 2.75) is 37.5 Å². The number of aryl methyl sites for hydroxylation is 2. The maximum absolute atomic E-state index is 13.0. The predicted octanol–water partition coefficient (Wildman–Crippen LogP) is 5.53. The van der Waals surface area contributed by atoms with Crippen molar-refractivity contribution in [3.8, 4) is 0 Å². The molecule has 1 atom stereocenters. The molecule has 0 aliphatic rings. The first kappa shape index (κ1) is 20.6. The van der Waals surface area contributed by atoms with Crippen LogP contribution in [0.25, 0.3) is 5.65 Å². The third-order valence-corrected chi connectivity index (χ3v) is 7.41. The molecule has 1 amide bonds. The van der Waals surface area contributed by atoms with Gasteiger partial charge in [0.2, 0.25) is 0 Å². The fourth-order valence-corrected chi connectivity index (χ4v) is 5.20. The normalized spacial score (nSPS) is 12.3. The van der Waals surface area contributed by atoms with Crippen molar-refractivity contribution in [1.29, 1.82) is 0 Å². The molecule has 0 aliphatic carbocycles. The molecule has 154 valence electrons. The number of pyridine rings is 1. The van der Waals surface area contributed by atoms with Crippen LogP contribution in [0.2, 0.25) is 0 Å². The third kappa shape index (κ3) is 4.27. The Balaban J connectivity index is 1.40. The molecule has 0 aliphatic heterocycles. The fraction of sp³-hybridized carbons (Fsp3) is 0.261. The summed E-state index contributed by atoms with van der Waals surface area (Å²) in [5.74, 6) is 0.806. The van der Waals surface area contributed by atoms with Gasteiger partial charge >= 0.3 is 0 Å². The van der Waals surface area contributed by atoms with Gasteiger partial charge in [0.05, 0.1) is 22.4 Å². The van der Waals surface area contributed by atoms with Crippen LogP contribution in [0.3, 0.4) is 0 Å². The van der Waals surface area contributed by atoms with Crippen LogP contribution in [0.4, 0.5) is 0 Å². The second kappa shape index (κ2) is 8.62. The first-order chi connectivity index (χ1) is 14.4. The molecule has 0 radical (unpaired) electrons. The van der Waals surface area contributed by atoms with Crippen molar-refractivity contribution >= 4 is 34.7 Å². The Kier molecular flexibility index (Phi) is 5.92. The van der Waals surface area contributed by atoms with Crippen LogP contribution in [0.1, 0.15) is 44.6 Å². The van der Waals surface area contributed by atoms with Crippen LogP contribution in [0.15, 0.2) is 59.8 Å². The number of carbonyl (C=O) groups excluding carboxylic acids is 1. The Morgan fingerprint density at radius 1 is 1.17 bits per heavy atom. The van der Waals surface area contributed by atoms with Crippen molar-refractivity contribution in [1.82, 2.24) is 19.3 Å². The number of thioether (sulfide) groups is 1. The smallest absolute Gasteiger partial charge is 0.254 e. The lowest BCUT2D eigenvalue weighted by molar-refractivity contribution is 0.0744. The van der Waals surface area contributed by atoms with Gasteiger partial charge < -0.3 is 9.30 Å². The molecule has 0 bridgehead atoms. The molecule has 0 saturated heterocycles. The second-order valence-corrected chi connectivity index (χ2v) is 9.57. The Bertz CT molecular complexity index is 1150. The molecule has 1 aromatic carbocycles. The van der Waals surface area contributed by atoms with Crippen molar-refractivity contribution < 1.29 is 4.79 Å². The first-order valence-electron chi connectivity index (χ1n) is 9.79. The van der Waals surface area contributed by atoms with Gasteiger partial charge in [0, 0.05) is 40.5 Å². The lowest BCUT2D eigenvalue weighted by Gasteiger charge is -2.24. The van der Waals surface area contributed by atoms with E-state index in [2.05, 4.69) is 23.1 Å². The molecule has 4 rings (SSSR count). The number of nitrogens with zero attached hydrogens (tertiary/aromatic N) is 4. The van der Waals surface area contributed by atoms with E-state index in [4.69, 9.17) is 0 Å². The maximum atomic E-state index is 13.0. The summed E-state index contributed by atoms with van der Waals surface area (Å²) >= 11 is 3.37. The van der Waals surface area contributed by atoms with Gasteiger partial charge in [-0.3, -0.25) is 4.79 Å². The highest BCUT2D eigenvalue weighted by Gasteiger charge is 2.22. The van der Waals surface area contributed by atoms with Gasteiger partial charge in [-0.2, -0.15) is 0 Å².